The van der Waals surface area contributed by atoms with E-state index < -0.39 is 6.10 Å². The topological polar surface area (TPSA) is 78.9 Å². The largest absolute Gasteiger partial charge is 0.462 e. The average Bonchev–Trinajstić information content (AvgIpc) is 3.33. The van der Waals surface area contributed by atoms with E-state index in [4.69, 9.17) is 14.2 Å². The maximum absolute atomic E-state index is 12.8. The predicted molar refractivity (Wildman–Crippen MR) is 288 cm³/mol. The fraction of sp³-hybridized carbons (Fsp3) is 0.721. The van der Waals surface area contributed by atoms with E-state index in [0.717, 1.165) is 64.2 Å². The van der Waals surface area contributed by atoms with E-state index in [1.54, 1.807) is 0 Å². The van der Waals surface area contributed by atoms with Crippen LogP contribution in [0.25, 0.3) is 0 Å². The second kappa shape index (κ2) is 55.2. The van der Waals surface area contributed by atoms with Crippen LogP contribution < -0.4 is 0 Å². The molecular formula is C61H104O6. The number of hydrogen-bond acceptors (Lipinski definition) is 6. The quantitative estimate of drug-likeness (QED) is 0.0262. The molecule has 0 aliphatic rings. The molecule has 0 rings (SSSR count). The summed E-state index contributed by atoms with van der Waals surface area (Å²) in [5.41, 5.74) is 0. The van der Waals surface area contributed by atoms with Crippen LogP contribution >= 0.6 is 0 Å². The molecule has 0 aromatic carbocycles. The van der Waals surface area contributed by atoms with Crippen molar-refractivity contribution in [2.24, 2.45) is 0 Å². The summed E-state index contributed by atoms with van der Waals surface area (Å²) in [6.07, 6.45) is 71.5. The lowest BCUT2D eigenvalue weighted by Crippen LogP contribution is -2.30. The van der Waals surface area contributed by atoms with Crippen molar-refractivity contribution in [1.29, 1.82) is 0 Å². The Morgan fingerprint density at radius 2 is 0.552 bits per heavy atom. The average molecular weight is 933 g/mol. The molecule has 0 aliphatic heterocycles. The summed E-state index contributed by atoms with van der Waals surface area (Å²) in [7, 11) is 0. The summed E-state index contributed by atoms with van der Waals surface area (Å²) < 4.78 is 16.8. The Bertz CT molecular complexity index is 1300. The first-order chi connectivity index (χ1) is 33.0. The van der Waals surface area contributed by atoms with Crippen molar-refractivity contribution < 1.29 is 28.6 Å². The molecule has 0 aromatic rings. The number of unbranched alkanes of at least 4 members (excludes halogenated alkanes) is 25. The standard InChI is InChI=1S/C61H104O6/c1-4-7-10-13-16-19-22-25-28-30-33-36-39-42-45-48-51-54-60(63)66-57-58(56-65-59(62)53-50-47-44-41-38-35-32-27-24-21-18-15-12-9-6-3)67-61(64)55-52-49-46-43-40-37-34-31-29-26-23-20-17-14-11-8-5-2/h16,19,25-26,28-29,33-34,36-37,42-43,45-46,58H,4-15,17-18,20-24,27,30-32,35,38-41,44,47-57H2,1-3H3/b19-16-,28-25-,29-26-,36-33-,37-34-,45-42-,46-43-/t58-/m0/s1. The minimum absolute atomic E-state index is 0.112. The minimum Gasteiger partial charge on any atom is -0.462 e. The van der Waals surface area contributed by atoms with Gasteiger partial charge in [0.25, 0.3) is 0 Å². The lowest BCUT2D eigenvalue weighted by molar-refractivity contribution is -0.167. The van der Waals surface area contributed by atoms with Gasteiger partial charge in [-0.05, 0) is 89.9 Å². The first-order valence-corrected chi connectivity index (χ1v) is 28.1. The van der Waals surface area contributed by atoms with Crippen molar-refractivity contribution in [3.05, 3.63) is 85.1 Å². The summed E-state index contributed by atoms with van der Waals surface area (Å²) in [4.78, 5) is 38.1. The van der Waals surface area contributed by atoms with Crippen molar-refractivity contribution in [1.82, 2.24) is 0 Å². The highest BCUT2D eigenvalue weighted by atomic mass is 16.6. The van der Waals surface area contributed by atoms with Crippen molar-refractivity contribution >= 4 is 17.9 Å². The van der Waals surface area contributed by atoms with E-state index in [-0.39, 0.29) is 44.0 Å². The third kappa shape index (κ3) is 53.4. The molecular weight excluding hydrogens is 829 g/mol. The Hall–Kier alpha value is -3.41. The van der Waals surface area contributed by atoms with Gasteiger partial charge in [-0.3, -0.25) is 14.4 Å². The zero-order valence-corrected chi connectivity index (χ0v) is 43.9. The first kappa shape index (κ1) is 63.6. The number of ether oxygens (including phenoxy) is 3. The Balaban J connectivity index is 4.54. The summed E-state index contributed by atoms with van der Waals surface area (Å²) in [5, 5.41) is 0. The Morgan fingerprint density at radius 3 is 0.925 bits per heavy atom. The monoisotopic (exact) mass is 933 g/mol. The molecule has 1 atom stereocenters. The fourth-order valence-electron chi connectivity index (χ4n) is 7.63. The van der Waals surface area contributed by atoms with Gasteiger partial charge in [0.2, 0.25) is 0 Å². The van der Waals surface area contributed by atoms with Gasteiger partial charge in [0, 0.05) is 19.3 Å². The normalized spacial score (nSPS) is 12.7. The van der Waals surface area contributed by atoms with E-state index in [9.17, 15) is 14.4 Å². The smallest absolute Gasteiger partial charge is 0.306 e. The lowest BCUT2D eigenvalue weighted by Gasteiger charge is -2.18. The molecule has 0 heterocycles. The number of hydrogen-bond donors (Lipinski definition) is 0. The van der Waals surface area contributed by atoms with Crippen LogP contribution in [-0.2, 0) is 28.6 Å². The molecule has 0 aliphatic carbocycles. The SMILES string of the molecule is CCCCC/C=C\C/C=C\C/C=C\C/C=C\CCCC(=O)OC[C@H](COC(=O)CCCCCCCCCCCCCCCCC)OC(=O)CCC/C=C\C/C=C\C/C=C\CCCCCCCC. The van der Waals surface area contributed by atoms with Gasteiger partial charge < -0.3 is 14.2 Å². The van der Waals surface area contributed by atoms with Gasteiger partial charge in [0.05, 0.1) is 0 Å². The number of carbonyl (C=O) groups is 3. The maximum atomic E-state index is 12.8. The van der Waals surface area contributed by atoms with Crippen molar-refractivity contribution in [3.63, 3.8) is 0 Å². The van der Waals surface area contributed by atoms with Crippen molar-refractivity contribution in [2.45, 2.75) is 271 Å². The van der Waals surface area contributed by atoms with Gasteiger partial charge in [-0.1, -0.05) is 241 Å². The third-order valence-electron chi connectivity index (χ3n) is 11.9. The van der Waals surface area contributed by atoms with E-state index in [1.165, 1.54) is 148 Å². The van der Waals surface area contributed by atoms with Gasteiger partial charge in [0.1, 0.15) is 13.2 Å². The number of rotatable bonds is 50. The van der Waals surface area contributed by atoms with Crippen LogP contribution in [0.4, 0.5) is 0 Å². The molecule has 0 N–H and O–H groups in total. The molecule has 0 saturated carbocycles. The van der Waals surface area contributed by atoms with Crippen molar-refractivity contribution in [3.8, 4) is 0 Å². The van der Waals surface area contributed by atoms with Crippen LogP contribution in [0.3, 0.4) is 0 Å². The number of carbonyl (C=O) groups excluding carboxylic acids is 3. The maximum Gasteiger partial charge on any atom is 0.306 e. The molecule has 6 nitrogen and oxygen atoms in total. The number of allylic oxidation sites excluding steroid dienone is 14. The molecule has 384 valence electrons. The van der Waals surface area contributed by atoms with Gasteiger partial charge in [-0.2, -0.15) is 0 Å². The van der Waals surface area contributed by atoms with Crippen molar-refractivity contribution in [2.75, 3.05) is 13.2 Å². The number of esters is 3. The zero-order valence-electron chi connectivity index (χ0n) is 43.9. The molecule has 67 heavy (non-hydrogen) atoms. The Kier molecular flexibility index (Phi) is 52.4. The second-order valence-electron chi connectivity index (χ2n) is 18.5. The molecule has 0 fully saturated rings. The summed E-state index contributed by atoms with van der Waals surface area (Å²) in [6.45, 7) is 6.53. The molecule has 0 aromatic heterocycles. The highest BCUT2D eigenvalue weighted by Gasteiger charge is 2.19. The van der Waals surface area contributed by atoms with Crippen LogP contribution in [0.1, 0.15) is 265 Å². The summed E-state index contributed by atoms with van der Waals surface area (Å²) >= 11 is 0. The van der Waals surface area contributed by atoms with E-state index in [0.29, 0.717) is 19.3 Å². The van der Waals surface area contributed by atoms with E-state index in [1.807, 2.05) is 0 Å². The first-order valence-electron chi connectivity index (χ1n) is 28.1. The van der Waals surface area contributed by atoms with Crippen LogP contribution in [0.2, 0.25) is 0 Å². The van der Waals surface area contributed by atoms with Gasteiger partial charge in [0.15, 0.2) is 6.10 Å². The van der Waals surface area contributed by atoms with E-state index in [2.05, 4.69) is 106 Å². The Morgan fingerprint density at radius 1 is 0.299 bits per heavy atom. The highest BCUT2D eigenvalue weighted by Crippen LogP contribution is 2.15. The molecule has 0 unspecified atom stereocenters. The third-order valence-corrected chi connectivity index (χ3v) is 11.9. The molecule has 0 spiro atoms. The molecule has 0 bridgehead atoms. The van der Waals surface area contributed by atoms with Crippen LogP contribution in [0.5, 0.6) is 0 Å². The van der Waals surface area contributed by atoms with Gasteiger partial charge in [-0.25, -0.2) is 0 Å². The summed E-state index contributed by atoms with van der Waals surface area (Å²) in [6, 6.07) is 0. The van der Waals surface area contributed by atoms with Crippen LogP contribution in [0.15, 0.2) is 85.1 Å². The molecule has 6 heteroatoms. The zero-order chi connectivity index (χ0) is 48.6. The second-order valence-corrected chi connectivity index (χ2v) is 18.5. The fourth-order valence-corrected chi connectivity index (χ4v) is 7.63. The van der Waals surface area contributed by atoms with Crippen LogP contribution in [-0.4, -0.2) is 37.2 Å². The van der Waals surface area contributed by atoms with Gasteiger partial charge in [-0.15, -0.1) is 0 Å². The minimum atomic E-state index is -0.824. The predicted octanol–water partition coefficient (Wildman–Crippen LogP) is 18.8. The van der Waals surface area contributed by atoms with E-state index >= 15 is 0 Å². The molecule has 0 radical (unpaired) electrons. The summed E-state index contributed by atoms with van der Waals surface area (Å²) in [5.74, 6) is -1.02. The molecule has 0 saturated heterocycles. The highest BCUT2D eigenvalue weighted by molar-refractivity contribution is 5.71. The van der Waals surface area contributed by atoms with Gasteiger partial charge >= 0.3 is 17.9 Å². The lowest BCUT2D eigenvalue weighted by atomic mass is 10.0. The molecule has 0 amide bonds. The Labute approximate surface area is 414 Å². The van der Waals surface area contributed by atoms with Crippen LogP contribution in [0, 0.1) is 0 Å².